The van der Waals surface area contributed by atoms with Gasteiger partial charge in [-0.25, -0.2) is 5.43 Å². The number of rotatable bonds is 6. The molecule has 158 valence electrons. The second-order valence-electron chi connectivity index (χ2n) is 6.41. The molecule has 1 aliphatic heterocycles. The summed E-state index contributed by atoms with van der Waals surface area (Å²) in [6, 6.07) is 11.7. The second-order valence-corrected chi connectivity index (χ2v) is 7.42. The molecule has 1 aromatic heterocycles. The lowest BCUT2D eigenvalue weighted by molar-refractivity contribution is -0.387. The van der Waals surface area contributed by atoms with Crippen LogP contribution in [0.3, 0.4) is 0 Å². The number of amides is 1. The number of fused-ring (bicyclic) bond motifs is 1. The van der Waals surface area contributed by atoms with Crippen molar-refractivity contribution in [2.24, 2.45) is 12.1 Å². The molecule has 0 bridgehead atoms. The summed E-state index contributed by atoms with van der Waals surface area (Å²) < 4.78 is 12.8. The van der Waals surface area contributed by atoms with Gasteiger partial charge in [-0.1, -0.05) is 18.2 Å². The van der Waals surface area contributed by atoms with Crippen molar-refractivity contribution in [1.29, 1.82) is 0 Å². The fourth-order valence-electron chi connectivity index (χ4n) is 2.70. The molecule has 31 heavy (non-hydrogen) atoms. The van der Waals surface area contributed by atoms with E-state index in [2.05, 4.69) is 20.7 Å². The van der Waals surface area contributed by atoms with Gasteiger partial charge in [-0.05, 0) is 30.0 Å². The summed E-state index contributed by atoms with van der Waals surface area (Å²) in [5.41, 5.74) is 2.71. The number of para-hydroxylation sites is 2. The summed E-state index contributed by atoms with van der Waals surface area (Å²) in [5, 5.41) is 23.6. The quantitative estimate of drug-likeness (QED) is 0.350. The molecule has 12 heteroatoms. The number of hydrazone groups is 1. The lowest BCUT2D eigenvalue weighted by Crippen LogP contribution is -2.42. The highest BCUT2D eigenvalue weighted by Crippen LogP contribution is 2.34. The van der Waals surface area contributed by atoms with Gasteiger partial charge in [-0.15, -0.1) is 10.2 Å². The summed E-state index contributed by atoms with van der Waals surface area (Å²) in [7, 11) is 1.75. The van der Waals surface area contributed by atoms with Crippen molar-refractivity contribution >= 4 is 29.6 Å². The maximum absolute atomic E-state index is 12.3. The molecular formula is C19H16N6O5S. The number of carbonyl (C=O) groups is 1. The van der Waals surface area contributed by atoms with E-state index in [0.717, 1.165) is 11.8 Å². The summed E-state index contributed by atoms with van der Waals surface area (Å²) in [6.07, 6.45) is 1.98. The largest absolute Gasteiger partial charge is 0.485 e. The van der Waals surface area contributed by atoms with Crippen LogP contribution < -0.4 is 14.9 Å². The maximum Gasteiger partial charge on any atom is 0.284 e. The van der Waals surface area contributed by atoms with E-state index in [1.54, 1.807) is 41.9 Å². The van der Waals surface area contributed by atoms with Gasteiger partial charge in [0.25, 0.3) is 11.6 Å². The normalized spacial score (nSPS) is 15.1. The van der Waals surface area contributed by atoms with Crippen molar-refractivity contribution in [3.8, 4) is 11.5 Å². The van der Waals surface area contributed by atoms with Gasteiger partial charge in [0.2, 0.25) is 6.10 Å². The van der Waals surface area contributed by atoms with Crippen LogP contribution in [0.5, 0.6) is 11.5 Å². The average Bonchev–Trinajstić information content (AvgIpc) is 3.18. The van der Waals surface area contributed by atoms with Crippen LogP contribution in [-0.4, -0.2) is 44.5 Å². The van der Waals surface area contributed by atoms with Crippen LogP contribution in [0.25, 0.3) is 0 Å². The van der Waals surface area contributed by atoms with E-state index in [1.165, 1.54) is 18.6 Å². The molecule has 2 heterocycles. The molecule has 1 aliphatic rings. The monoisotopic (exact) mass is 440 g/mol. The standard InChI is InChI=1S/C19H16N6O5S/c1-24-11-21-23-19(24)31-17-7-6-12(8-13(17)25(27)28)9-20-22-18(26)16-10-29-14-4-2-3-5-15(14)30-16/h2-9,11,16H,10H2,1H3,(H,22,26). The highest BCUT2D eigenvalue weighted by molar-refractivity contribution is 7.99. The Labute approximate surface area is 180 Å². The summed E-state index contributed by atoms with van der Waals surface area (Å²) in [4.78, 5) is 23.7. The summed E-state index contributed by atoms with van der Waals surface area (Å²) >= 11 is 1.13. The van der Waals surface area contributed by atoms with Gasteiger partial charge < -0.3 is 14.0 Å². The molecule has 0 aliphatic carbocycles. The number of ether oxygens (including phenoxy) is 2. The Hall–Kier alpha value is -3.93. The highest BCUT2D eigenvalue weighted by Gasteiger charge is 2.27. The number of hydrogen-bond donors (Lipinski definition) is 1. The number of nitro groups is 1. The van der Waals surface area contributed by atoms with Gasteiger partial charge in [-0.3, -0.25) is 14.9 Å². The molecule has 3 aromatic rings. The minimum absolute atomic E-state index is 0.0534. The molecule has 4 rings (SSSR count). The molecule has 2 aromatic carbocycles. The fraction of sp³-hybridized carbons (Fsp3) is 0.158. The molecule has 0 radical (unpaired) electrons. The first kappa shape index (κ1) is 20.3. The van der Waals surface area contributed by atoms with Gasteiger partial charge in [0.1, 0.15) is 12.9 Å². The number of nitrogens with zero attached hydrogens (tertiary/aromatic N) is 5. The predicted octanol–water partition coefficient (Wildman–Crippen LogP) is 2.16. The summed E-state index contributed by atoms with van der Waals surface area (Å²) in [6.45, 7) is 0.0534. The van der Waals surface area contributed by atoms with Gasteiger partial charge in [0.15, 0.2) is 16.7 Å². The van der Waals surface area contributed by atoms with E-state index in [-0.39, 0.29) is 12.3 Å². The number of nitrogens with one attached hydrogen (secondary N) is 1. The molecular weight excluding hydrogens is 424 g/mol. The Morgan fingerprint density at radius 3 is 2.90 bits per heavy atom. The van der Waals surface area contributed by atoms with Crippen molar-refractivity contribution < 1.29 is 19.2 Å². The third-order valence-electron chi connectivity index (χ3n) is 4.24. The Bertz CT molecular complexity index is 1160. The van der Waals surface area contributed by atoms with E-state index in [4.69, 9.17) is 9.47 Å². The maximum atomic E-state index is 12.3. The molecule has 0 saturated heterocycles. The topological polar surface area (TPSA) is 134 Å². The number of nitro benzene ring substituents is 1. The van der Waals surface area contributed by atoms with Crippen LogP contribution in [0.4, 0.5) is 5.69 Å². The average molecular weight is 440 g/mol. The van der Waals surface area contributed by atoms with Crippen LogP contribution in [0.1, 0.15) is 5.56 Å². The van der Waals surface area contributed by atoms with E-state index in [1.807, 2.05) is 6.07 Å². The smallest absolute Gasteiger partial charge is 0.284 e. The Kier molecular flexibility index (Phi) is 5.80. The van der Waals surface area contributed by atoms with E-state index >= 15 is 0 Å². The molecule has 0 fully saturated rings. The number of aryl methyl sites for hydroxylation is 1. The predicted molar refractivity (Wildman–Crippen MR) is 110 cm³/mol. The first-order valence-corrected chi connectivity index (χ1v) is 9.84. The number of hydrogen-bond acceptors (Lipinski definition) is 9. The first-order chi connectivity index (χ1) is 15.0. The molecule has 1 atom stereocenters. The van der Waals surface area contributed by atoms with Crippen molar-refractivity contribution in [3.63, 3.8) is 0 Å². The number of aromatic nitrogens is 3. The molecule has 1 amide bonds. The van der Waals surface area contributed by atoms with Crippen molar-refractivity contribution in [2.45, 2.75) is 16.2 Å². The van der Waals surface area contributed by atoms with E-state index in [9.17, 15) is 14.9 Å². The highest BCUT2D eigenvalue weighted by atomic mass is 32.2. The SMILES string of the molecule is Cn1cnnc1Sc1ccc(C=NNC(=O)C2COc3ccccc3O2)cc1[N+](=O)[O-]. The van der Waals surface area contributed by atoms with Crippen molar-refractivity contribution in [1.82, 2.24) is 20.2 Å². The second kappa shape index (κ2) is 8.83. The third-order valence-corrected chi connectivity index (χ3v) is 5.36. The first-order valence-electron chi connectivity index (χ1n) is 9.03. The van der Waals surface area contributed by atoms with Gasteiger partial charge in [0, 0.05) is 18.7 Å². The van der Waals surface area contributed by atoms with Crippen LogP contribution >= 0.6 is 11.8 Å². The fourth-order valence-corrected chi connectivity index (χ4v) is 3.55. The van der Waals surface area contributed by atoms with Crippen LogP contribution in [0.2, 0.25) is 0 Å². The van der Waals surface area contributed by atoms with Gasteiger partial charge in [0.05, 0.1) is 16.0 Å². The molecule has 0 saturated carbocycles. The third kappa shape index (κ3) is 4.64. The minimum Gasteiger partial charge on any atom is -0.485 e. The molecule has 1 unspecified atom stereocenters. The summed E-state index contributed by atoms with van der Waals surface area (Å²) in [5.74, 6) is 0.556. The van der Waals surface area contributed by atoms with Crippen LogP contribution in [0, 0.1) is 10.1 Å². The van der Waals surface area contributed by atoms with E-state index < -0.39 is 16.9 Å². The zero-order valence-corrected chi connectivity index (χ0v) is 17.0. The zero-order valence-electron chi connectivity index (χ0n) is 16.2. The van der Waals surface area contributed by atoms with Crippen LogP contribution in [-0.2, 0) is 11.8 Å². The van der Waals surface area contributed by atoms with E-state index in [0.29, 0.717) is 27.1 Å². The Balaban J connectivity index is 1.42. The lowest BCUT2D eigenvalue weighted by Gasteiger charge is -2.24. The molecule has 0 spiro atoms. The van der Waals surface area contributed by atoms with Crippen molar-refractivity contribution in [3.05, 3.63) is 64.5 Å². The zero-order chi connectivity index (χ0) is 21.8. The Morgan fingerprint density at radius 2 is 2.16 bits per heavy atom. The minimum atomic E-state index is -0.855. The van der Waals surface area contributed by atoms with Gasteiger partial charge in [-0.2, -0.15) is 5.10 Å². The lowest BCUT2D eigenvalue weighted by atomic mass is 10.2. The van der Waals surface area contributed by atoms with Crippen molar-refractivity contribution in [2.75, 3.05) is 6.61 Å². The van der Waals surface area contributed by atoms with Crippen LogP contribution in [0.15, 0.2) is 63.9 Å². The number of benzene rings is 2. The number of carbonyl (C=O) groups excluding carboxylic acids is 1. The Morgan fingerprint density at radius 1 is 1.35 bits per heavy atom. The molecule has 11 nitrogen and oxygen atoms in total. The van der Waals surface area contributed by atoms with Gasteiger partial charge >= 0.3 is 0 Å². The molecule has 1 N–H and O–H groups in total.